The Balaban J connectivity index is 1.92. The van der Waals surface area contributed by atoms with Gasteiger partial charge in [0.1, 0.15) is 5.75 Å². The van der Waals surface area contributed by atoms with Crippen LogP contribution < -0.4 is 10.5 Å². The van der Waals surface area contributed by atoms with Crippen molar-refractivity contribution in [3.05, 3.63) is 65.7 Å². The standard InChI is InChI=1S/C25H25N3O3/c1-4-28(5-2)25(30)16-9-10-19-20-12-17(15-7-6-8-18(11-15)31-3)13-21(24(26)29)23(20)27-22(19)14-16/h6-14,27H,4-5H2,1-3H3,(H2,26,29). The highest BCUT2D eigenvalue weighted by molar-refractivity contribution is 6.17. The molecular formula is C25H25N3O3. The molecule has 0 radical (unpaired) electrons. The lowest BCUT2D eigenvalue weighted by atomic mass is 9.98. The van der Waals surface area contributed by atoms with E-state index in [9.17, 15) is 9.59 Å². The largest absolute Gasteiger partial charge is 0.497 e. The molecule has 1 aromatic heterocycles. The average Bonchev–Trinajstić information content (AvgIpc) is 3.16. The first-order chi connectivity index (χ1) is 15.0. The zero-order chi connectivity index (χ0) is 22.1. The van der Waals surface area contributed by atoms with Crippen LogP contribution in [-0.2, 0) is 0 Å². The summed E-state index contributed by atoms with van der Waals surface area (Å²) in [5.41, 5.74) is 9.97. The lowest BCUT2D eigenvalue weighted by Crippen LogP contribution is -2.30. The third kappa shape index (κ3) is 3.61. The molecule has 0 saturated heterocycles. The fraction of sp³-hybridized carbons (Fsp3) is 0.200. The maximum Gasteiger partial charge on any atom is 0.253 e. The van der Waals surface area contributed by atoms with Gasteiger partial charge in [-0.05, 0) is 61.4 Å². The van der Waals surface area contributed by atoms with Crippen LogP contribution in [0, 0.1) is 0 Å². The summed E-state index contributed by atoms with van der Waals surface area (Å²) in [6, 6.07) is 17.1. The molecule has 0 aliphatic rings. The zero-order valence-electron chi connectivity index (χ0n) is 17.9. The third-order valence-electron chi connectivity index (χ3n) is 5.67. The third-order valence-corrected chi connectivity index (χ3v) is 5.67. The fourth-order valence-corrected chi connectivity index (χ4v) is 4.00. The Bertz CT molecular complexity index is 1300. The van der Waals surface area contributed by atoms with Gasteiger partial charge in [-0.25, -0.2) is 0 Å². The van der Waals surface area contributed by atoms with Gasteiger partial charge in [-0.15, -0.1) is 0 Å². The number of hydrogen-bond acceptors (Lipinski definition) is 3. The van der Waals surface area contributed by atoms with Crippen LogP contribution in [0.5, 0.6) is 5.75 Å². The number of methoxy groups -OCH3 is 1. The molecule has 6 heteroatoms. The number of primary amides is 1. The molecule has 4 rings (SSSR count). The van der Waals surface area contributed by atoms with E-state index in [1.807, 2.05) is 62.4 Å². The smallest absolute Gasteiger partial charge is 0.253 e. The van der Waals surface area contributed by atoms with E-state index in [0.29, 0.717) is 29.7 Å². The number of aromatic nitrogens is 1. The highest BCUT2D eigenvalue weighted by Gasteiger charge is 2.18. The van der Waals surface area contributed by atoms with Crippen molar-refractivity contribution in [3.63, 3.8) is 0 Å². The van der Waals surface area contributed by atoms with Crippen LogP contribution in [0.4, 0.5) is 0 Å². The number of carbonyl (C=O) groups is 2. The maximum absolute atomic E-state index is 12.8. The summed E-state index contributed by atoms with van der Waals surface area (Å²) >= 11 is 0. The lowest BCUT2D eigenvalue weighted by Gasteiger charge is -2.18. The summed E-state index contributed by atoms with van der Waals surface area (Å²) in [7, 11) is 1.62. The number of rotatable bonds is 6. The molecule has 3 aromatic carbocycles. The number of nitrogens with zero attached hydrogens (tertiary/aromatic N) is 1. The van der Waals surface area contributed by atoms with Crippen molar-refractivity contribution < 1.29 is 14.3 Å². The maximum atomic E-state index is 12.8. The van der Waals surface area contributed by atoms with Gasteiger partial charge >= 0.3 is 0 Å². The lowest BCUT2D eigenvalue weighted by molar-refractivity contribution is 0.0773. The van der Waals surface area contributed by atoms with Crippen LogP contribution in [0.3, 0.4) is 0 Å². The van der Waals surface area contributed by atoms with E-state index in [-0.39, 0.29) is 5.91 Å². The van der Waals surface area contributed by atoms with Crippen LogP contribution in [0.15, 0.2) is 54.6 Å². The van der Waals surface area contributed by atoms with Crippen molar-refractivity contribution in [2.75, 3.05) is 20.2 Å². The molecule has 158 valence electrons. The molecule has 6 nitrogen and oxygen atoms in total. The van der Waals surface area contributed by atoms with E-state index in [0.717, 1.165) is 33.2 Å². The van der Waals surface area contributed by atoms with Gasteiger partial charge in [-0.3, -0.25) is 9.59 Å². The molecule has 0 aliphatic carbocycles. The van der Waals surface area contributed by atoms with Crippen LogP contribution in [-0.4, -0.2) is 41.9 Å². The number of benzene rings is 3. The molecule has 0 fully saturated rings. The van der Waals surface area contributed by atoms with E-state index in [1.54, 1.807) is 18.1 Å². The molecule has 0 spiro atoms. The van der Waals surface area contributed by atoms with Crippen molar-refractivity contribution >= 4 is 33.6 Å². The number of hydrogen-bond donors (Lipinski definition) is 2. The second-order valence-corrected chi connectivity index (χ2v) is 7.41. The minimum absolute atomic E-state index is 0.0160. The molecule has 1 heterocycles. The van der Waals surface area contributed by atoms with Gasteiger partial charge in [0.2, 0.25) is 0 Å². The quantitative estimate of drug-likeness (QED) is 0.483. The summed E-state index contributed by atoms with van der Waals surface area (Å²) in [4.78, 5) is 30.1. The van der Waals surface area contributed by atoms with Crippen molar-refractivity contribution in [2.24, 2.45) is 5.73 Å². The van der Waals surface area contributed by atoms with E-state index >= 15 is 0 Å². The number of ether oxygens (including phenoxy) is 1. The molecule has 0 bridgehead atoms. The molecule has 0 aliphatic heterocycles. The number of nitrogens with two attached hydrogens (primary N) is 1. The summed E-state index contributed by atoms with van der Waals surface area (Å²) in [6.45, 7) is 5.22. The zero-order valence-corrected chi connectivity index (χ0v) is 17.9. The number of aromatic amines is 1. The number of carbonyl (C=O) groups excluding carboxylic acids is 2. The Morgan fingerprint density at radius 3 is 2.42 bits per heavy atom. The molecule has 0 unspecified atom stereocenters. The minimum Gasteiger partial charge on any atom is -0.497 e. The van der Waals surface area contributed by atoms with Crippen LogP contribution in [0.2, 0.25) is 0 Å². The van der Waals surface area contributed by atoms with Crippen LogP contribution in [0.1, 0.15) is 34.6 Å². The molecule has 0 atom stereocenters. The van der Waals surface area contributed by atoms with E-state index in [4.69, 9.17) is 10.5 Å². The summed E-state index contributed by atoms with van der Waals surface area (Å²) in [5, 5.41) is 1.81. The van der Waals surface area contributed by atoms with Gasteiger partial charge in [0.25, 0.3) is 11.8 Å². The van der Waals surface area contributed by atoms with Gasteiger partial charge in [-0.1, -0.05) is 18.2 Å². The van der Waals surface area contributed by atoms with Crippen molar-refractivity contribution in [1.29, 1.82) is 0 Å². The Hall–Kier alpha value is -3.80. The van der Waals surface area contributed by atoms with Crippen molar-refractivity contribution in [2.45, 2.75) is 13.8 Å². The van der Waals surface area contributed by atoms with E-state index in [1.165, 1.54) is 0 Å². The second-order valence-electron chi connectivity index (χ2n) is 7.41. The SMILES string of the molecule is CCN(CC)C(=O)c1ccc2c(c1)[nH]c1c(C(N)=O)cc(-c3cccc(OC)c3)cc12. The van der Waals surface area contributed by atoms with Gasteiger partial charge in [0, 0.05) is 34.9 Å². The molecule has 2 amide bonds. The predicted octanol–water partition coefficient (Wildman–Crippen LogP) is 4.58. The van der Waals surface area contributed by atoms with Crippen molar-refractivity contribution in [1.82, 2.24) is 9.88 Å². The highest BCUT2D eigenvalue weighted by Crippen LogP contribution is 2.34. The Morgan fingerprint density at radius 1 is 0.968 bits per heavy atom. The monoisotopic (exact) mass is 415 g/mol. The van der Waals surface area contributed by atoms with Gasteiger partial charge < -0.3 is 20.4 Å². The number of H-pyrrole nitrogens is 1. The summed E-state index contributed by atoms with van der Waals surface area (Å²) in [5.74, 6) is 0.204. The minimum atomic E-state index is -0.513. The number of amides is 2. The van der Waals surface area contributed by atoms with Gasteiger partial charge in [-0.2, -0.15) is 0 Å². The Kier molecular flexibility index (Phi) is 5.38. The Labute approximate surface area is 180 Å². The molecule has 3 N–H and O–H groups in total. The summed E-state index contributed by atoms with van der Waals surface area (Å²) < 4.78 is 5.34. The first-order valence-electron chi connectivity index (χ1n) is 10.3. The second kappa shape index (κ2) is 8.14. The topological polar surface area (TPSA) is 88.4 Å². The fourth-order valence-electron chi connectivity index (χ4n) is 4.00. The average molecular weight is 415 g/mol. The van der Waals surface area contributed by atoms with Crippen LogP contribution >= 0.6 is 0 Å². The molecule has 31 heavy (non-hydrogen) atoms. The molecular weight excluding hydrogens is 390 g/mol. The van der Waals surface area contributed by atoms with Crippen LogP contribution in [0.25, 0.3) is 32.9 Å². The Morgan fingerprint density at radius 2 is 1.74 bits per heavy atom. The normalized spacial score (nSPS) is 11.1. The highest BCUT2D eigenvalue weighted by atomic mass is 16.5. The van der Waals surface area contributed by atoms with E-state index in [2.05, 4.69) is 4.98 Å². The number of nitrogens with one attached hydrogen (secondary N) is 1. The van der Waals surface area contributed by atoms with Gasteiger partial charge in [0.15, 0.2) is 0 Å². The first kappa shape index (κ1) is 20.5. The summed E-state index contributed by atoms with van der Waals surface area (Å²) in [6.07, 6.45) is 0. The van der Waals surface area contributed by atoms with Gasteiger partial charge in [0.05, 0.1) is 18.2 Å². The number of fused-ring (bicyclic) bond motifs is 3. The molecule has 0 saturated carbocycles. The first-order valence-corrected chi connectivity index (χ1v) is 10.3. The molecule has 4 aromatic rings. The van der Waals surface area contributed by atoms with Crippen molar-refractivity contribution in [3.8, 4) is 16.9 Å². The van der Waals surface area contributed by atoms with E-state index < -0.39 is 5.91 Å². The predicted molar refractivity (Wildman–Crippen MR) is 124 cm³/mol.